The molecule has 1 aromatic carbocycles. The molecule has 0 heterocycles. The summed E-state index contributed by atoms with van der Waals surface area (Å²) in [6.45, 7) is 1.94. The lowest BCUT2D eigenvalue weighted by Crippen LogP contribution is -2.11. The van der Waals surface area contributed by atoms with Crippen LogP contribution < -0.4 is 5.14 Å². The monoisotopic (exact) mass is 211 g/mol. The van der Waals surface area contributed by atoms with Crippen LogP contribution in [0, 0.1) is 0 Å². The first-order valence-electron chi connectivity index (χ1n) is 4.27. The number of nitrogens with two attached hydrogens (primary N) is 1. The average Bonchev–Trinajstić information content (AvgIpc) is 2.14. The third-order valence-corrected chi connectivity index (χ3v) is 2.77. The maximum absolute atomic E-state index is 10.9. The maximum Gasteiger partial charge on any atom is 0.238 e. The molecule has 0 bridgehead atoms. The summed E-state index contributed by atoms with van der Waals surface area (Å²) in [5.74, 6) is 0. The number of hydrogen-bond donors (Lipinski definition) is 1. The Balaban J connectivity index is 2.89. The summed E-state index contributed by atoms with van der Waals surface area (Å²) in [6.07, 6.45) is 4.76. The summed E-state index contributed by atoms with van der Waals surface area (Å²) in [7, 11) is -3.56. The highest BCUT2D eigenvalue weighted by atomic mass is 32.2. The third-order valence-electron chi connectivity index (χ3n) is 1.84. The van der Waals surface area contributed by atoms with Gasteiger partial charge in [-0.15, -0.1) is 0 Å². The molecule has 0 spiro atoms. The van der Waals surface area contributed by atoms with Gasteiger partial charge in [-0.3, -0.25) is 0 Å². The fourth-order valence-electron chi connectivity index (χ4n) is 1.07. The molecule has 0 atom stereocenters. The summed E-state index contributed by atoms with van der Waals surface area (Å²) in [5, 5.41) is 4.97. The van der Waals surface area contributed by atoms with Gasteiger partial charge in [-0.1, -0.05) is 24.3 Å². The zero-order valence-corrected chi connectivity index (χ0v) is 8.79. The molecule has 0 aliphatic rings. The molecule has 14 heavy (non-hydrogen) atoms. The van der Waals surface area contributed by atoms with Gasteiger partial charge in [0.05, 0.1) is 4.90 Å². The van der Waals surface area contributed by atoms with Crippen molar-refractivity contribution in [3.05, 3.63) is 42.0 Å². The molecule has 0 fully saturated rings. The van der Waals surface area contributed by atoms with Crippen LogP contribution >= 0.6 is 0 Å². The molecule has 1 rings (SSSR count). The Morgan fingerprint density at radius 3 is 2.29 bits per heavy atom. The largest absolute Gasteiger partial charge is 0.238 e. The van der Waals surface area contributed by atoms with Gasteiger partial charge in [0, 0.05) is 0 Å². The highest BCUT2D eigenvalue weighted by Gasteiger charge is 2.05. The van der Waals surface area contributed by atoms with Crippen LogP contribution in [0.2, 0.25) is 0 Å². The smallest absolute Gasteiger partial charge is 0.225 e. The van der Waals surface area contributed by atoms with Crippen LogP contribution in [0.15, 0.2) is 41.3 Å². The molecule has 0 aliphatic heterocycles. The van der Waals surface area contributed by atoms with Crippen molar-refractivity contribution in [2.45, 2.75) is 18.2 Å². The Hall–Kier alpha value is -1.13. The second-order valence-electron chi connectivity index (χ2n) is 2.96. The molecule has 0 aliphatic carbocycles. The number of rotatable bonds is 3. The van der Waals surface area contributed by atoms with Crippen LogP contribution in [-0.4, -0.2) is 8.42 Å². The Morgan fingerprint density at radius 1 is 1.29 bits per heavy atom. The maximum atomic E-state index is 10.9. The van der Waals surface area contributed by atoms with Crippen molar-refractivity contribution in [3.8, 4) is 0 Å². The fraction of sp³-hybridized carbons (Fsp3) is 0.200. The molecule has 3 nitrogen and oxygen atoms in total. The van der Waals surface area contributed by atoms with E-state index in [1.54, 1.807) is 12.1 Å². The molecular formula is C10H13NO2S. The average molecular weight is 211 g/mol. The van der Waals surface area contributed by atoms with E-state index in [1.807, 2.05) is 19.1 Å². The SMILES string of the molecule is C/C=C/Cc1ccc(S(N)(=O)=O)cc1. The number of allylic oxidation sites excluding steroid dienone is 2. The second-order valence-corrected chi connectivity index (χ2v) is 4.52. The van der Waals surface area contributed by atoms with E-state index in [9.17, 15) is 8.42 Å². The molecular weight excluding hydrogens is 198 g/mol. The minimum atomic E-state index is -3.56. The molecule has 0 radical (unpaired) electrons. The van der Waals surface area contributed by atoms with Crippen molar-refractivity contribution in [1.82, 2.24) is 0 Å². The molecule has 2 N–H and O–H groups in total. The van der Waals surface area contributed by atoms with Gasteiger partial charge in [-0.05, 0) is 31.0 Å². The van der Waals surface area contributed by atoms with Gasteiger partial charge >= 0.3 is 0 Å². The van der Waals surface area contributed by atoms with Crippen LogP contribution in [0.5, 0.6) is 0 Å². The quantitative estimate of drug-likeness (QED) is 0.769. The van der Waals surface area contributed by atoms with E-state index < -0.39 is 10.0 Å². The van der Waals surface area contributed by atoms with E-state index in [0.29, 0.717) is 0 Å². The lowest BCUT2D eigenvalue weighted by Gasteiger charge is -1.99. The van der Waals surface area contributed by atoms with Crippen molar-refractivity contribution in [3.63, 3.8) is 0 Å². The Bertz CT molecular complexity index is 418. The van der Waals surface area contributed by atoms with Crippen molar-refractivity contribution in [2.24, 2.45) is 5.14 Å². The van der Waals surface area contributed by atoms with E-state index in [1.165, 1.54) is 12.1 Å². The molecule has 0 saturated carbocycles. The van der Waals surface area contributed by atoms with Gasteiger partial charge in [0.15, 0.2) is 0 Å². The summed E-state index contributed by atoms with van der Waals surface area (Å²) in [4.78, 5) is 0.154. The van der Waals surface area contributed by atoms with E-state index in [2.05, 4.69) is 0 Å². The number of primary sulfonamides is 1. The summed E-state index contributed by atoms with van der Waals surface area (Å²) >= 11 is 0. The first-order chi connectivity index (χ1) is 6.54. The lowest BCUT2D eigenvalue weighted by molar-refractivity contribution is 0.598. The van der Waals surface area contributed by atoms with Gasteiger partial charge in [-0.2, -0.15) is 0 Å². The van der Waals surface area contributed by atoms with Crippen LogP contribution in [0.25, 0.3) is 0 Å². The first-order valence-corrected chi connectivity index (χ1v) is 5.81. The molecule has 0 amide bonds. The normalized spacial score (nSPS) is 12.1. The highest BCUT2D eigenvalue weighted by Crippen LogP contribution is 2.09. The predicted molar refractivity (Wildman–Crippen MR) is 56.3 cm³/mol. The standard InChI is InChI=1S/C10H13NO2S/c1-2-3-4-9-5-7-10(8-6-9)14(11,12)13/h2-3,5-8H,4H2,1H3,(H2,11,12,13)/b3-2+. The van der Waals surface area contributed by atoms with E-state index in [-0.39, 0.29) is 4.90 Å². The van der Waals surface area contributed by atoms with Crippen LogP contribution in [0.4, 0.5) is 0 Å². The van der Waals surface area contributed by atoms with Crippen molar-refractivity contribution in [1.29, 1.82) is 0 Å². The van der Waals surface area contributed by atoms with Crippen molar-refractivity contribution in [2.75, 3.05) is 0 Å². The van der Waals surface area contributed by atoms with Gasteiger partial charge in [-0.25, -0.2) is 13.6 Å². The van der Waals surface area contributed by atoms with Crippen molar-refractivity contribution < 1.29 is 8.42 Å². The Morgan fingerprint density at radius 2 is 1.86 bits per heavy atom. The minimum absolute atomic E-state index is 0.154. The molecule has 0 unspecified atom stereocenters. The van der Waals surface area contributed by atoms with Gasteiger partial charge in [0.25, 0.3) is 0 Å². The molecule has 1 aromatic rings. The van der Waals surface area contributed by atoms with Gasteiger partial charge < -0.3 is 0 Å². The minimum Gasteiger partial charge on any atom is -0.225 e. The Kier molecular flexibility index (Phi) is 3.43. The number of sulfonamides is 1. The number of benzene rings is 1. The van der Waals surface area contributed by atoms with Crippen LogP contribution in [-0.2, 0) is 16.4 Å². The third kappa shape index (κ3) is 2.97. The predicted octanol–water partition coefficient (Wildman–Crippen LogP) is 1.45. The fourth-order valence-corrected chi connectivity index (χ4v) is 1.58. The molecule has 76 valence electrons. The summed E-state index contributed by atoms with van der Waals surface area (Å²) < 4.78 is 21.8. The van der Waals surface area contributed by atoms with E-state index >= 15 is 0 Å². The Labute approximate surface area is 84.3 Å². The number of hydrogen-bond acceptors (Lipinski definition) is 2. The second kappa shape index (κ2) is 4.39. The summed E-state index contributed by atoms with van der Waals surface area (Å²) in [5.41, 5.74) is 1.07. The highest BCUT2D eigenvalue weighted by molar-refractivity contribution is 7.89. The molecule has 0 aromatic heterocycles. The topological polar surface area (TPSA) is 60.2 Å². The van der Waals surface area contributed by atoms with E-state index in [4.69, 9.17) is 5.14 Å². The molecule has 0 saturated heterocycles. The first kappa shape index (κ1) is 10.9. The zero-order chi connectivity index (χ0) is 10.6. The summed E-state index contributed by atoms with van der Waals surface area (Å²) in [6, 6.07) is 6.57. The van der Waals surface area contributed by atoms with E-state index in [0.717, 1.165) is 12.0 Å². The van der Waals surface area contributed by atoms with Crippen molar-refractivity contribution >= 4 is 10.0 Å². The van der Waals surface area contributed by atoms with Crippen LogP contribution in [0.3, 0.4) is 0 Å². The van der Waals surface area contributed by atoms with Crippen LogP contribution in [0.1, 0.15) is 12.5 Å². The zero-order valence-electron chi connectivity index (χ0n) is 7.97. The van der Waals surface area contributed by atoms with Gasteiger partial charge in [0.1, 0.15) is 0 Å². The molecule has 4 heteroatoms. The lowest BCUT2D eigenvalue weighted by atomic mass is 10.1. The van der Waals surface area contributed by atoms with Gasteiger partial charge in [0.2, 0.25) is 10.0 Å².